The Morgan fingerprint density at radius 2 is 1.83 bits per heavy atom. The molecule has 3 rings (SSSR count). The largest absolute Gasteiger partial charge is 0.378 e. The summed E-state index contributed by atoms with van der Waals surface area (Å²) in [5.41, 5.74) is 2.47. The fourth-order valence-electron chi connectivity index (χ4n) is 3.94. The highest BCUT2D eigenvalue weighted by Crippen LogP contribution is 2.21. The molecule has 0 saturated carbocycles. The van der Waals surface area contributed by atoms with Crippen LogP contribution in [0.3, 0.4) is 0 Å². The van der Waals surface area contributed by atoms with Crippen molar-refractivity contribution in [2.24, 2.45) is 10.9 Å². The number of nitrogens with zero attached hydrogens (tertiary/aromatic N) is 3. The zero-order valence-corrected chi connectivity index (χ0v) is 17.8. The molecule has 2 fully saturated rings. The number of carbonyl (C=O) groups excluding carboxylic acids is 1. The van der Waals surface area contributed by atoms with Crippen LogP contribution in [0.5, 0.6) is 0 Å². The van der Waals surface area contributed by atoms with Crippen molar-refractivity contribution in [1.82, 2.24) is 15.5 Å². The molecule has 7 heteroatoms. The highest BCUT2D eigenvalue weighted by atomic mass is 16.5. The Kier molecular flexibility index (Phi) is 8.16. The van der Waals surface area contributed by atoms with Gasteiger partial charge < -0.3 is 25.2 Å². The monoisotopic (exact) mass is 401 g/mol. The van der Waals surface area contributed by atoms with E-state index in [0.29, 0.717) is 18.9 Å². The lowest BCUT2D eigenvalue weighted by molar-refractivity contribution is -0.121. The summed E-state index contributed by atoms with van der Waals surface area (Å²) in [6.45, 7) is 9.04. The highest BCUT2D eigenvalue weighted by Gasteiger charge is 2.23. The molecule has 0 bridgehead atoms. The van der Waals surface area contributed by atoms with Crippen LogP contribution in [0, 0.1) is 5.92 Å². The molecular weight excluding hydrogens is 366 g/mol. The maximum Gasteiger partial charge on any atom is 0.220 e. The Bertz CT molecular complexity index is 662. The number of hydrogen-bond donors (Lipinski definition) is 2. The number of anilines is 1. The summed E-state index contributed by atoms with van der Waals surface area (Å²) in [6, 6.07) is 8.72. The first-order valence-electron chi connectivity index (χ1n) is 10.8. The minimum Gasteiger partial charge on any atom is -0.378 e. The van der Waals surface area contributed by atoms with Gasteiger partial charge in [0.2, 0.25) is 5.91 Å². The van der Waals surface area contributed by atoms with E-state index in [0.717, 1.165) is 64.7 Å². The lowest BCUT2D eigenvalue weighted by atomic mass is 9.93. The van der Waals surface area contributed by atoms with Gasteiger partial charge in [-0.1, -0.05) is 12.1 Å². The molecule has 2 N–H and O–H groups in total. The third kappa shape index (κ3) is 6.35. The van der Waals surface area contributed by atoms with Crippen LogP contribution >= 0.6 is 0 Å². The lowest BCUT2D eigenvalue weighted by Gasteiger charge is -2.34. The van der Waals surface area contributed by atoms with Crippen LogP contribution in [0.4, 0.5) is 5.69 Å². The topological polar surface area (TPSA) is 69.2 Å². The zero-order chi connectivity index (χ0) is 20.5. The number of hydrogen-bond acceptors (Lipinski definition) is 4. The summed E-state index contributed by atoms with van der Waals surface area (Å²) in [4.78, 5) is 21.2. The molecule has 29 heavy (non-hydrogen) atoms. The third-order valence-electron chi connectivity index (χ3n) is 5.73. The van der Waals surface area contributed by atoms with Gasteiger partial charge in [-0.2, -0.15) is 0 Å². The summed E-state index contributed by atoms with van der Waals surface area (Å²) in [7, 11) is 1.71. The Morgan fingerprint density at radius 1 is 1.14 bits per heavy atom. The normalized spacial score (nSPS) is 18.6. The highest BCUT2D eigenvalue weighted by molar-refractivity contribution is 5.80. The number of piperidine rings is 1. The molecule has 1 aromatic carbocycles. The molecule has 0 unspecified atom stereocenters. The SMILES string of the molecule is CCNC(=NCc1ccc(N2CCOCC2)cc1)N1CCC(CC(=O)NC)CC1. The Hall–Kier alpha value is -2.28. The molecule has 1 amide bonds. The first kappa shape index (κ1) is 21.4. The molecule has 2 aliphatic heterocycles. The van der Waals surface area contributed by atoms with Gasteiger partial charge in [-0.05, 0) is 43.4 Å². The van der Waals surface area contributed by atoms with Gasteiger partial charge >= 0.3 is 0 Å². The van der Waals surface area contributed by atoms with Crippen molar-refractivity contribution in [3.8, 4) is 0 Å². The van der Waals surface area contributed by atoms with Gasteiger partial charge in [0, 0.05) is 51.9 Å². The number of rotatable bonds is 6. The van der Waals surface area contributed by atoms with Crippen molar-refractivity contribution in [1.29, 1.82) is 0 Å². The van der Waals surface area contributed by atoms with Crippen molar-refractivity contribution >= 4 is 17.6 Å². The van der Waals surface area contributed by atoms with Crippen LogP contribution in [-0.4, -0.2) is 69.8 Å². The fraction of sp³-hybridized carbons (Fsp3) is 0.636. The van der Waals surface area contributed by atoms with E-state index in [1.54, 1.807) is 7.05 Å². The van der Waals surface area contributed by atoms with E-state index in [1.165, 1.54) is 11.3 Å². The van der Waals surface area contributed by atoms with Crippen LogP contribution in [0.1, 0.15) is 31.7 Å². The molecular formula is C22H35N5O2. The van der Waals surface area contributed by atoms with Crippen LogP contribution in [-0.2, 0) is 16.1 Å². The van der Waals surface area contributed by atoms with Crippen molar-refractivity contribution in [2.75, 3.05) is 57.9 Å². The van der Waals surface area contributed by atoms with Gasteiger partial charge in [-0.25, -0.2) is 4.99 Å². The standard InChI is InChI=1S/C22H35N5O2/c1-3-24-22(27-10-8-18(9-11-27)16-21(28)23-2)25-17-19-4-6-20(7-5-19)26-12-14-29-15-13-26/h4-7,18H,3,8-17H2,1-2H3,(H,23,28)(H,24,25). The van der Waals surface area contributed by atoms with Crippen LogP contribution in [0.2, 0.25) is 0 Å². The maximum atomic E-state index is 11.6. The van der Waals surface area contributed by atoms with Crippen molar-refractivity contribution in [2.45, 2.75) is 32.7 Å². The average Bonchev–Trinajstić information content (AvgIpc) is 2.78. The fourth-order valence-corrected chi connectivity index (χ4v) is 3.94. The molecule has 0 atom stereocenters. The van der Waals surface area contributed by atoms with E-state index in [4.69, 9.17) is 9.73 Å². The summed E-state index contributed by atoms with van der Waals surface area (Å²) in [5.74, 6) is 1.59. The Labute approximate surface area is 174 Å². The van der Waals surface area contributed by atoms with Gasteiger partial charge in [0.05, 0.1) is 19.8 Å². The molecule has 0 radical (unpaired) electrons. The second kappa shape index (κ2) is 11.0. The maximum absolute atomic E-state index is 11.6. The van der Waals surface area contributed by atoms with Gasteiger partial charge in [0.1, 0.15) is 0 Å². The molecule has 7 nitrogen and oxygen atoms in total. The molecule has 1 aromatic rings. The molecule has 2 saturated heterocycles. The number of benzene rings is 1. The average molecular weight is 402 g/mol. The van der Waals surface area contributed by atoms with Crippen LogP contribution < -0.4 is 15.5 Å². The Balaban J connectivity index is 1.54. The number of aliphatic imine (C=N–C) groups is 1. The van der Waals surface area contributed by atoms with E-state index in [-0.39, 0.29) is 5.91 Å². The van der Waals surface area contributed by atoms with Crippen molar-refractivity contribution < 1.29 is 9.53 Å². The third-order valence-corrected chi connectivity index (χ3v) is 5.73. The number of carbonyl (C=O) groups is 1. The number of amides is 1. The summed E-state index contributed by atoms with van der Waals surface area (Å²) < 4.78 is 5.43. The molecule has 0 aliphatic carbocycles. The van der Waals surface area contributed by atoms with Gasteiger partial charge in [0.25, 0.3) is 0 Å². The smallest absolute Gasteiger partial charge is 0.220 e. The zero-order valence-electron chi connectivity index (χ0n) is 17.8. The van der Waals surface area contributed by atoms with Gasteiger partial charge in [-0.15, -0.1) is 0 Å². The summed E-state index contributed by atoms with van der Waals surface area (Å²) >= 11 is 0. The van der Waals surface area contributed by atoms with E-state index in [9.17, 15) is 4.79 Å². The van der Waals surface area contributed by atoms with Crippen molar-refractivity contribution in [3.05, 3.63) is 29.8 Å². The molecule has 160 valence electrons. The first-order valence-corrected chi connectivity index (χ1v) is 10.8. The molecule has 2 aliphatic rings. The first-order chi connectivity index (χ1) is 14.2. The number of likely N-dealkylation sites (tertiary alicyclic amines) is 1. The molecule has 0 spiro atoms. The minimum absolute atomic E-state index is 0.143. The number of guanidine groups is 1. The van der Waals surface area contributed by atoms with Crippen LogP contribution in [0.25, 0.3) is 0 Å². The van der Waals surface area contributed by atoms with E-state index >= 15 is 0 Å². The second-order valence-corrected chi connectivity index (χ2v) is 7.74. The summed E-state index contributed by atoms with van der Waals surface area (Å²) in [6.07, 6.45) is 2.70. The number of nitrogens with one attached hydrogen (secondary N) is 2. The van der Waals surface area contributed by atoms with E-state index < -0.39 is 0 Å². The summed E-state index contributed by atoms with van der Waals surface area (Å²) in [5, 5.41) is 6.16. The Morgan fingerprint density at radius 3 is 2.45 bits per heavy atom. The molecule has 2 heterocycles. The van der Waals surface area contributed by atoms with Gasteiger partial charge in [0.15, 0.2) is 5.96 Å². The predicted molar refractivity (Wildman–Crippen MR) is 117 cm³/mol. The van der Waals surface area contributed by atoms with E-state index in [1.807, 2.05) is 0 Å². The second-order valence-electron chi connectivity index (χ2n) is 7.74. The minimum atomic E-state index is 0.143. The van der Waals surface area contributed by atoms with Crippen molar-refractivity contribution in [3.63, 3.8) is 0 Å². The van der Waals surface area contributed by atoms with Crippen LogP contribution in [0.15, 0.2) is 29.3 Å². The predicted octanol–water partition coefficient (Wildman–Crippen LogP) is 1.84. The van der Waals surface area contributed by atoms with Gasteiger partial charge in [-0.3, -0.25) is 4.79 Å². The molecule has 0 aromatic heterocycles. The number of morpholine rings is 1. The lowest BCUT2D eigenvalue weighted by Crippen LogP contribution is -2.46. The van der Waals surface area contributed by atoms with E-state index in [2.05, 4.69) is 51.6 Å². The number of ether oxygens (including phenoxy) is 1. The quantitative estimate of drug-likeness (QED) is 0.562.